The molecule has 3 rings (SSSR count). The molecule has 0 aromatic heterocycles. The second kappa shape index (κ2) is 6.23. The van der Waals surface area contributed by atoms with E-state index < -0.39 is 40.2 Å². The molecule has 138 valence electrons. The molecule has 0 radical (unpaired) electrons. The highest BCUT2D eigenvalue weighted by atomic mass is 16.6. The Morgan fingerprint density at radius 3 is 2.84 bits per heavy atom. The van der Waals surface area contributed by atoms with E-state index in [1.54, 1.807) is 26.0 Å². The van der Waals surface area contributed by atoms with Gasteiger partial charge in [0.15, 0.2) is 17.7 Å². The van der Waals surface area contributed by atoms with Gasteiger partial charge in [0.05, 0.1) is 13.1 Å². The van der Waals surface area contributed by atoms with Gasteiger partial charge in [0.25, 0.3) is 0 Å². The zero-order valence-electron chi connectivity index (χ0n) is 14.9. The van der Waals surface area contributed by atoms with Crippen LogP contribution in [0.15, 0.2) is 23.3 Å². The van der Waals surface area contributed by atoms with Gasteiger partial charge in [-0.25, -0.2) is 9.59 Å². The first-order valence-electron chi connectivity index (χ1n) is 8.71. The molecular weight excluding hydrogens is 326 g/mol. The number of aliphatic hydroxyl groups is 1. The van der Waals surface area contributed by atoms with E-state index in [0.29, 0.717) is 24.1 Å². The SMILES string of the molecule is C/C=C1/C[C@H](C)[C@@](C)(O)C(=O)OCC2=CC[N+]3([O-])CC[C@@H](OC1=O)[C@@H]23. The molecule has 2 saturated heterocycles. The molecule has 1 N–H and O–H groups in total. The Morgan fingerprint density at radius 1 is 1.44 bits per heavy atom. The molecule has 0 saturated carbocycles. The maximum Gasteiger partial charge on any atom is 0.338 e. The fraction of sp³-hybridized carbons (Fsp3) is 0.667. The summed E-state index contributed by atoms with van der Waals surface area (Å²) in [4.78, 5) is 24.9. The zero-order chi connectivity index (χ0) is 18.4. The second-order valence-corrected chi connectivity index (χ2v) is 7.46. The Hall–Kier alpha value is -1.70. The lowest BCUT2D eigenvalue weighted by molar-refractivity contribution is -0.877. The van der Waals surface area contributed by atoms with E-state index in [0.717, 1.165) is 0 Å². The van der Waals surface area contributed by atoms with Gasteiger partial charge in [-0.2, -0.15) is 0 Å². The van der Waals surface area contributed by atoms with Crippen LogP contribution in [0.3, 0.4) is 0 Å². The summed E-state index contributed by atoms with van der Waals surface area (Å²) < 4.78 is 10.5. The van der Waals surface area contributed by atoms with Crippen LogP contribution < -0.4 is 0 Å². The number of hydrogen-bond acceptors (Lipinski definition) is 6. The van der Waals surface area contributed by atoms with Crippen molar-refractivity contribution in [2.75, 3.05) is 19.7 Å². The average Bonchev–Trinajstić information content (AvgIpc) is 3.05. The van der Waals surface area contributed by atoms with Crippen molar-refractivity contribution in [3.05, 3.63) is 28.5 Å². The summed E-state index contributed by atoms with van der Waals surface area (Å²) >= 11 is 0. The molecule has 0 amide bonds. The van der Waals surface area contributed by atoms with Gasteiger partial charge >= 0.3 is 11.9 Å². The molecule has 1 unspecified atom stereocenters. The highest BCUT2D eigenvalue weighted by Gasteiger charge is 2.51. The van der Waals surface area contributed by atoms with Crippen LogP contribution in [-0.4, -0.2) is 59.1 Å². The molecule has 0 aromatic carbocycles. The molecule has 3 heterocycles. The maximum atomic E-state index is 12.9. The third kappa shape index (κ3) is 3.01. The van der Waals surface area contributed by atoms with Gasteiger partial charge in [0.1, 0.15) is 6.61 Å². The lowest BCUT2D eigenvalue weighted by Crippen LogP contribution is -2.49. The molecule has 3 aliphatic heterocycles. The van der Waals surface area contributed by atoms with Gasteiger partial charge in [-0.3, -0.25) is 0 Å². The minimum absolute atomic E-state index is 0.0564. The first-order chi connectivity index (χ1) is 11.7. The smallest absolute Gasteiger partial charge is 0.338 e. The average molecular weight is 351 g/mol. The second-order valence-electron chi connectivity index (χ2n) is 7.46. The molecule has 7 nitrogen and oxygen atoms in total. The fourth-order valence-electron chi connectivity index (χ4n) is 3.91. The van der Waals surface area contributed by atoms with Crippen LogP contribution >= 0.6 is 0 Å². The van der Waals surface area contributed by atoms with Gasteiger partial charge in [-0.05, 0) is 32.3 Å². The number of carbonyl (C=O) groups excluding carboxylic acids is 2. The summed E-state index contributed by atoms with van der Waals surface area (Å²) in [5.74, 6) is -1.75. The third-order valence-electron chi connectivity index (χ3n) is 5.83. The molecule has 25 heavy (non-hydrogen) atoms. The van der Waals surface area contributed by atoms with E-state index in [4.69, 9.17) is 9.47 Å². The Balaban J connectivity index is 1.94. The van der Waals surface area contributed by atoms with Gasteiger partial charge in [0, 0.05) is 17.6 Å². The number of rotatable bonds is 0. The van der Waals surface area contributed by atoms with Crippen molar-refractivity contribution >= 4 is 11.9 Å². The lowest BCUT2D eigenvalue weighted by Gasteiger charge is -2.41. The normalized spacial score (nSPS) is 43.6. The van der Waals surface area contributed by atoms with Crippen LogP contribution in [0.5, 0.6) is 0 Å². The van der Waals surface area contributed by atoms with E-state index >= 15 is 0 Å². The predicted octanol–water partition coefficient (Wildman–Crippen LogP) is 1.21. The van der Waals surface area contributed by atoms with E-state index in [9.17, 15) is 19.9 Å². The van der Waals surface area contributed by atoms with E-state index in [1.165, 1.54) is 6.92 Å². The fourth-order valence-corrected chi connectivity index (χ4v) is 3.91. The summed E-state index contributed by atoms with van der Waals surface area (Å²) in [6.45, 7) is 5.39. The number of nitrogens with zero attached hydrogens (tertiary/aromatic N) is 1. The quantitative estimate of drug-likeness (QED) is 0.232. The molecule has 0 spiro atoms. The van der Waals surface area contributed by atoms with Gasteiger partial charge in [-0.1, -0.05) is 13.0 Å². The lowest BCUT2D eigenvalue weighted by atomic mass is 9.85. The van der Waals surface area contributed by atoms with E-state index in [2.05, 4.69) is 0 Å². The summed E-state index contributed by atoms with van der Waals surface area (Å²) in [7, 11) is 0. The van der Waals surface area contributed by atoms with Gasteiger partial charge < -0.3 is 24.4 Å². The maximum absolute atomic E-state index is 12.9. The summed E-state index contributed by atoms with van der Waals surface area (Å²) in [6, 6.07) is -0.531. The zero-order valence-corrected chi connectivity index (χ0v) is 14.9. The van der Waals surface area contributed by atoms with E-state index in [-0.39, 0.29) is 19.6 Å². The summed E-state index contributed by atoms with van der Waals surface area (Å²) in [5, 5.41) is 23.5. The molecule has 0 aromatic rings. The van der Waals surface area contributed by atoms with E-state index in [1.807, 2.05) is 0 Å². The number of quaternary nitrogens is 1. The molecule has 5 atom stereocenters. The minimum Gasteiger partial charge on any atom is -0.632 e. The number of carbonyl (C=O) groups is 2. The van der Waals surface area contributed by atoms with Crippen molar-refractivity contribution in [1.29, 1.82) is 0 Å². The number of cyclic esters (lactones) is 1. The van der Waals surface area contributed by atoms with Gasteiger partial charge in [-0.15, -0.1) is 0 Å². The number of hydrogen-bond donors (Lipinski definition) is 1. The van der Waals surface area contributed by atoms with Crippen LogP contribution in [-0.2, 0) is 19.1 Å². The molecule has 2 fully saturated rings. The van der Waals surface area contributed by atoms with Crippen molar-refractivity contribution in [2.24, 2.45) is 5.92 Å². The number of esters is 2. The molecule has 7 heteroatoms. The monoisotopic (exact) mass is 351 g/mol. The minimum atomic E-state index is -1.73. The van der Waals surface area contributed by atoms with Crippen molar-refractivity contribution in [3.63, 3.8) is 0 Å². The highest BCUT2D eigenvalue weighted by molar-refractivity contribution is 5.89. The number of allylic oxidation sites excluding steroid dienone is 1. The van der Waals surface area contributed by atoms with Crippen molar-refractivity contribution < 1.29 is 28.8 Å². The van der Waals surface area contributed by atoms with Gasteiger partial charge in [0.2, 0.25) is 0 Å². The summed E-state index contributed by atoms with van der Waals surface area (Å²) in [5.41, 5.74) is -0.670. The molecule has 0 aliphatic carbocycles. The number of hydroxylamine groups is 3. The molecule has 0 bridgehead atoms. The predicted molar refractivity (Wildman–Crippen MR) is 88.9 cm³/mol. The highest BCUT2D eigenvalue weighted by Crippen LogP contribution is 2.39. The third-order valence-corrected chi connectivity index (χ3v) is 5.83. The van der Waals surface area contributed by atoms with Crippen LogP contribution in [0.4, 0.5) is 0 Å². The van der Waals surface area contributed by atoms with Crippen molar-refractivity contribution in [2.45, 2.75) is 51.4 Å². The van der Waals surface area contributed by atoms with Crippen molar-refractivity contribution in [1.82, 2.24) is 0 Å². The van der Waals surface area contributed by atoms with Crippen LogP contribution in [0.25, 0.3) is 0 Å². The largest absolute Gasteiger partial charge is 0.632 e. The topological polar surface area (TPSA) is 95.9 Å². The van der Waals surface area contributed by atoms with Crippen LogP contribution in [0, 0.1) is 11.1 Å². The Kier molecular flexibility index (Phi) is 4.51. The molecular formula is C18H25NO6. The van der Waals surface area contributed by atoms with Crippen LogP contribution in [0.1, 0.15) is 33.6 Å². The molecule has 3 aliphatic rings. The summed E-state index contributed by atoms with van der Waals surface area (Å²) in [6.07, 6.45) is 3.57. The van der Waals surface area contributed by atoms with Crippen LogP contribution in [0.2, 0.25) is 0 Å². The first kappa shape index (κ1) is 18.1. The Bertz CT molecular complexity index is 652. The Labute approximate surface area is 147 Å². The standard InChI is InChI=1S/C18H25NO6/c1-4-12-9-11(2)18(3,22)17(21)24-10-13-5-7-19(23)8-6-14(15(13)19)25-16(12)20/h4-5,11,14-15,22H,6-10H2,1-3H3/b12-4-/t11-,14+,15+,18+,19?/m0/s1. The number of ether oxygens (including phenoxy) is 2. The Morgan fingerprint density at radius 2 is 2.16 bits per heavy atom. The first-order valence-corrected chi connectivity index (χ1v) is 8.71. The van der Waals surface area contributed by atoms with Crippen molar-refractivity contribution in [3.8, 4) is 0 Å².